The fourth-order valence-corrected chi connectivity index (χ4v) is 1.55. The summed E-state index contributed by atoms with van der Waals surface area (Å²) in [6.45, 7) is 2.22. The van der Waals surface area contributed by atoms with Crippen LogP contribution in [0.5, 0.6) is 0 Å². The highest BCUT2D eigenvalue weighted by atomic mass is 16.6. The minimum absolute atomic E-state index is 0.0580. The first-order valence-corrected chi connectivity index (χ1v) is 5.82. The molecule has 0 aliphatic carbocycles. The number of rotatable bonds is 5. The Hall–Kier alpha value is -3.11. The van der Waals surface area contributed by atoms with E-state index >= 15 is 0 Å². The van der Waals surface area contributed by atoms with Gasteiger partial charge in [0, 0.05) is 6.54 Å². The summed E-state index contributed by atoms with van der Waals surface area (Å²) >= 11 is 0. The Kier molecular flexibility index (Phi) is 4.02. The summed E-state index contributed by atoms with van der Waals surface area (Å²) in [5.41, 5.74) is -0.360. The second-order valence-electron chi connectivity index (χ2n) is 3.69. The van der Waals surface area contributed by atoms with Crippen LogP contribution in [-0.4, -0.2) is 49.3 Å². The van der Waals surface area contributed by atoms with Gasteiger partial charge in [0.25, 0.3) is 5.82 Å². The second-order valence-corrected chi connectivity index (χ2v) is 3.69. The number of anilines is 1. The monoisotopic (exact) mass is 293 g/mol. The maximum Gasteiger partial charge on any atom is 0.377 e. The summed E-state index contributed by atoms with van der Waals surface area (Å²) < 4.78 is 5.49. The summed E-state index contributed by atoms with van der Waals surface area (Å²) in [6, 6.07) is 0. The molecule has 0 fully saturated rings. The van der Waals surface area contributed by atoms with Crippen LogP contribution in [0.3, 0.4) is 0 Å². The van der Waals surface area contributed by atoms with E-state index in [1.54, 1.807) is 6.92 Å². The Morgan fingerprint density at radius 3 is 2.86 bits per heavy atom. The quantitative estimate of drug-likeness (QED) is 0.464. The molecule has 0 unspecified atom stereocenters. The summed E-state index contributed by atoms with van der Waals surface area (Å²) in [4.78, 5) is 33.3. The molecule has 0 aliphatic heterocycles. The number of ether oxygens (including phenoxy) is 1. The number of hydrogen-bond acceptors (Lipinski definition) is 9. The van der Waals surface area contributed by atoms with Gasteiger partial charge in [0.05, 0.1) is 12.0 Å². The highest BCUT2D eigenvalue weighted by molar-refractivity contribution is 5.84. The summed E-state index contributed by atoms with van der Waals surface area (Å²) in [6.07, 6.45) is 2.29. The molecule has 1 N–H and O–H groups in total. The highest BCUT2D eigenvalue weighted by Crippen LogP contribution is 2.26. The smallest absolute Gasteiger partial charge is 0.377 e. The average molecular weight is 293 g/mol. The van der Waals surface area contributed by atoms with Crippen molar-refractivity contribution in [1.82, 2.24) is 24.7 Å². The SMILES string of the molecule is CCNc1ncnc(-n2cnc(C(=O)OC)n2)c1[N+](=O)[O-]. The van der Waals surface area contributed by atoms with Gasteiger partial charge in [0.15, 0.2) is 0 Å². The minimum Gasteiger partial charge on any atom is -0.463 e. The van der Waals surface area contributed by atoms with Crippen molar-refractivity contribution in [3.8, 4) is 5.82 Å². The third-order valence-corrected chi connectivity index (χ3v) is 2.41. The molecule has 0 aromatic carbocycles. The normalized spacial score (nSPS) is 10.2. The number of nitrogens with one attached hydrogen (secondary N) is 1. The van der Waals surface area contributed by atoms with E-state index in [0.29, 0.717) is 6.54 Å². The maximum absolute atomic E-state index is 11.3. The van der Waals surface area contributed by atoms with Gasteiger partial charge >= 0.3 is 11.7 Å². The number of nitro groups is 1. The Labute approximate surface area is 118 Å². The molecule has 0 aliphatic rings. The predicted octanol–water partition coefficient (Wildman–Crippen LogP) is 0.184. The zero-order valence-corrected chi connectivity index (χ0v) is 11.2. The molecule has 0 amide bonds. The van der Waals surface area contributed by atoms with Crippen molar-refractivity contribution in [2.24, 2.45) is 0 Å². The fourth-order valence-electron chi connectivity index (χ4n) is 1.55. The van der Waals surface area contributed by atoms with Gasteiger partial charge in [-0.15, -0.1) is 5.10 Å². The largest absolute Gasteiger partial charge is 0.463 e. The van der Waals surface area contributed by atoms with Crippen LogP contribution in [0.2, 0.25) is 0 Å². The Morgan fingerprint density at radius 1 is 1.48 bits per heavy atom. The number of methoxy groups -OCH3 is 1. The molecule has 2 rings (SSSR count). The van der Waals surface area contributed by atoms with Gasteiger partial charge in [-0.2, -0.15) is 4.68 Å². The number of aromatic nitrogens is 5. The van der Waals surface area contributed by atoms with E-state index in [9.17, 15) is 14.9 Å². The van der Waals surface area contributed by atoms with E-state index in [-0.39, 0.29) is 23.1 Å². The van der Waals surface area contributed by atoms with Crippen molar-refractivity contribution in [3.63, 3.8) is 0 Å². The Bertz CT molecular complexity index is 684. The topological polar surface area (TPSA) is 138 Å². The van der Waals surface area contributed by atoms with Crippen LogP contribution in [0.15, 0.2) is 12.7 Å². The van der Waals surface area contributed by atoms with E-state index in [0.717, 1.165) is 17.3 Å². The van der Waals surface area contributed by atoms with Gasteiger partial charge in [-0.3, -0.25) is 10.1 Å². The number of carbonyl (C=O) groups is 1. The lowest BCUT2D eigenvalue weighted by Gasteiger charge is -2.06. The number of esters is 1. The molecule has 0 spiro atoms. The molecule has 2 aromatic rings. The van der Waals surface area contributed by atoms with E-state index in [1.165, 1.54) is 7.11 Å². The maximum atomic E-state index is 11.3. The molecule has 2 aromatic heterocycles. The first kappa shape index (κ1) is 14.3. The van der Waals surface area contributed by atoms with Crippen LogP contribution in [0, 0.1) is 10.1 Å². The van der Waals surface area contributed by atoms with Crippen molar-refractivity contribution < 1.29 is 14.5 Å². The molecule has 11 nitrogen and oxygen atoms in total. The van der Waals surface area contributed by atoms with Gasteiger partial charge in [-0.05, 0) is 6.92 Å². The Balaban J connectivity index is 2.53. The van der Waals surface area contributed by atoms with Gasteiger partial charge in [-0.25, -0.2) is 19.7 Å². The minimum atomic E-state index is -0.752. The average Bonchev–Trinajstić information content (AvgIpc) is 2.96. The summed E-state index contributed by atoms with van der Waals surface area (Å²) in [5, 5.41) is 17.8. The molecule has 110 valence electrons. The van der Waals surface area contributed by atoms with Gasteiger partial charge in [0.2, 0.25) is 11.6 Å². The molecule has 11 heteroatoms. The number of carbonyl (C=O) groups excluding carboxylic acids is 1. The number of nitrogens with zero attached hydrogens (tertiary/aromatic N) is 6. The van der Waals surface area contributed by atoms with E-state index in [2.05, 4.69) is 30.1 Å². The lowest BCUT2D eigenvalue weighted by molar-refractivity contribution is -0.384. The van der Waals surface area contributed by atoms with Crippen molar-refractivity contribution >= 4 is 17.5 Å². The van der Waals surface area contributed by atoms with Crippen molar-refractivity contribution in [2.45, 2.75) is 6.92 Å². The molecule has 2 heterocycles. The molecule has 0 atom stereocenters. The number of hydrogen-bond donors (Lipinski definition) is 1. The standard InChI is InChI=1S/C10H11N7O4/c1-3-11-7-6(17(19)20)9(13-4-12-7)16-5-14-8(15-16)10(18)21-2/h4-5H,3H2,1-2H3,(H,11,12,13). The van der Waals surface area contributed by atoms with E-state index < -0.39 is 10.9 Å². The third kappa shape index (κ3) is 2.75. The molecular formula is C10H11N7O4. The summed E-state index contributed by atoms with van der Waals surface area (Å²) in [7, 11) is 1.18. The van der Waals surface area contributed by atoms with Crippen molar-refractivity contribution in [1.29, 1.82) is 0 Å². The van der Waals surface area contributed by atoms with Gasteiger partial charge in [-0.1, -0.05) is 0 Å². The Morgan fingerprint density at radius 2 is 2.24 bits per heavy atom. The molecule has 0 radical (unpaired) electrons. The zero-order valence-electron chi connectivity index (χ0n) is 11.2. The van der Waals surface area contributed by atoms with Crippen LogP contribution < -0.4 is 5.32 Å². The molecule has 0 saturated carbocycles. The van der Waals surface area contributed by atoms with E-state index in [1.807, 2.05) is 0 Å². The lowest BCUT2D eigenvalue weighted by atomic mass is 10.4. The van der Waals surface area contributed by atoms with Gasteiger partial charge in [0.1, 0.15) is 12.7 Å². The highest BCUT2D eigenvalue weighted by Gasteiger charge is 2.25. The zero-order chi connectivity index (χ0) is 15.4. The molecule has 0 saturated heterocycles. The van der Waals surface area contributed by atoms with Crippen molar-refractivity contribution in [3.05, 3.63) is 28.6 Å². The lowest BCUT2D eigenvalue weighted by Crippen LogP contribution is -2.11. The van der Waals surface area contributed by atoms with E-state index in [4.69, 9.17) is 0 Å². The molecular weight excluding hydrogens is 282 g/mol. The van der Waals surface area contributed by atoms with Crippen LogP contribution >= 0.6 is 0 Å². The second kappa shape index (κ2) is 5.90. The van der Waals surface area contributed by atoms with Gasteiger partial charge < -0.3 is 10.1 Å². The first-order chi connectivity index (χ1) is 10.1. The van der Waals surface area contributed by atoms with Crippen molar-refractivity contribution in [2.75, 3.05) is 19.0 Å². The first-order valence-electron chi connectivity index (χ1n) is 5.82. The van der Waals surface area contributed by atoms with Crippen LogP contribution in [0.1, 0.15) is 17.5 Å². The predicted molar refractivity (Wildman–Crippen MR) is 69.1 cm³/mol. The fraction of sp³-hybridized carbons (Fsp3) is 0.300. The van der Waals surface area contributed by atoms with Crippen LogP contribution in [0.4, 0.5) is 11.5 Å². The van der Waals surface area contributed by atoms with Crippen LogP contribution in [0.25, 0.3) is 5.82 Å². The molecule has 0 bridgehead atoms. The summed E-state index contributed by atoms with van der Waals surface area (Å²) in [5.74, 6) is -1.02. The third-order valence-electron chi connectivity index (χ3n) is 2.41. The van der Waals surface area contributed by atoms with Crippen LogP contribution in [-0.2, 0) is 4.74 Å². The molecule has 21 heavy (non-hydrogen) atoms.